The van der Waals surface area contributed by atoms with E-state index in [9.17, 15) is 14.7 Å². The maximum absolute atomic E-state index is 11.5. The Balaban J connectivity index is 0.00000154. The molecule has 0 aliphatic rings. The van der Waals surface area contributed by atoms with Gasteiger partial charge in [-0.15, -0.1) is 0 Å². The SMILES string of the molecule is CC.COC(CO)CC(O)n1c(C)cc(=O)[nH]c1=O. The number of rotatable bonds is 5. The van der Waals surface area contributed by atoms with Crippen molar-refractivity contribution in [1.29, 1.82) is 0 Å². The van der Waals surface area contributed by atoms with Crippen molar-refractivity contribution in [3.63, 3.8) is 0 Å². The maximum Gasteiger partial charge on any atom is 0.330 e. The molecule has 0 spiro atoms. The van der Waals surface area contributed by atoms with Crippen LogP contribution in [0, 0.1) is 6.92 Å². The monoisotopic (exact) mass is 274 g/mol. The molecule has 0 aromatic carbocycles. The fourth-order valence-corrected chi connectivity index (χ4v) is 1.58. The van der Waals surface area contributed by atoms with Crippen molar-refractivity contribution < 1.29 is 14.9 Å². The first-order chi connectivity index (χ1) is 8.99. The van der Waals surface area contributed by atoms with Gasteiger partial charge in [-0.25, -0.2) is 4.79 Å². The Morgan fingerprint density at radius 2 is 2.00 bits per heavy atom. The summed E-state index contributed by atoms with van der Waals surface area (Å²) in [6.45, 7) is 5.28. The summed E-state index contributed by atoms with van der Waals surface area (Å²) in [5, 5.41) is 18.8. The van der Waals surface area contributed by atoms with E-state index in [1.165, 1.54) is 13.2 Å². The highest BCUT2D eigenvalue weighted by Crippen LogP contribution is 2.11. The smallest absolute Gasteiger partial charge is 0.330 e. The first kappa shape index (κ1) is 17.6. The average Bonchev–Trinajstić information content (AvgIpc) is 2.37. The van der Waals surface area contributed by atoms with Crippen molar-refractivity contribution >= 4 is 0 Å². The second kappa shape index (κ2) is 8.63. The third-order valence-corrected chi connectivity index (χ3v) is 2.48. The summed E-state index contributed by atoms with van der Waals surface area (Å²) in [7, 11) is 1.40. The standard InChI is InChI=1S/C10H16N2O5.C2H6/c1-6-3-8(14)11-10(16)12(6)9(15)4-7(5-13)17-2;1-2/h3,7,9,13,15H,4-5H2,1-2H3,(H,11,14,16);1-2H3. The van der Waals surface area contributed by atoms with Gasteiger partial charge in [0.05, 0.1) is 12.7 Å². The molecule has 1 aromatic heterocycles. The minimum Gasteiger partial charge on any atom is -0.394 e. The van der Waals surface area contributed by atoms with Crippen LogP contribution < -0.4 is 11.2 Å². The number of nitrogens with zero attached hydrogens (tertiary/aromatic N) is 1. The molecule has 0 radical (unpaired) electrons. The van der Waals surface area contributed by atoms with E-state index in [-0.39, 0.29) is 13.0 Å². The minimum atomic E-state index is -1.16. The number of methoxy groups -OCH3 is 1. The Morgan fingerprint density at radius 1 is 1.42 bits per heavy atom. The molecule has 0 aliphatic carbocycles. The van der Waals surface area contributed by atoms with Crippen molar-refractivity contribution in [3.8, 4) is 0 Å². The highest BCUT2D eigenvalue weighted by atomic mass is 16.5. The van der Waals surface area contributed by atoms with Gasteiger partial charge in [0, 0.05) is 25.3 Å². The predicted molar refractivity (Wildman–Crippen MR) is 71.2 cm³/mol. The zero-order valence-corrected chi connectivity index (χ0v) is 11.7. The molecule has 3 N–H and O–H groups in total. The lowest BCUT2D eigenvalue weighted by molar-refractivity contribution is -0.0149. The summed E-state index contributed by atoms with van der Waals surface area (Å²) < 4.78 is 5.94. The highest BCUT2D eigenvalue weighted by Gasteiger charge is 2.17. The number of nitrogens with one attached hydrogen (secondary N) is 1. The lowest BCUT2D eigenvalue weighted by Crippen LogP contribution is -2.35. The number of aliphatic hydroxyl groups excluding tert-OH is 2. The number of ether oxygens (including phenoxy) is 1. The number of aromatic amines is 1. The van der Waals surface area contributed by atoms with Crippen LogP contribution >= 0.6 is 0 Å². The van der Waals surface area contributed by atoms with Crippen LogP contribution in [0.3, 0.4) is 0 Å². The molecular weight excluding hydrogens is 252 g/mol. The first-order valence-corrected chi connectivity index (χ1v) is 6.13. The molecule has 0 aliphatic heterocycles. The molecule has 1 rings (SSSR count). The largest absolute Gasteiger partial charge is 0.394 e. The van der Waals surface area contributed by atoms with Crippen molar-refractivity contribution in [3.05, 3.63) is 32.6 Å². The first-order valence-electron chi connectivity index (χ1n) is 6.13. The Kier molecular flexibility index (Phi) is 7.97. The van der Waals surface area contributed by atoms with E-state index >= 15 is 0 Å². The number of H-pyrrole nitrogens is 1. The normalized spacial score (nSPS) is 13.4. The van der Waals surface area contributed by atoms with E-state index in [4.69, 9.17) is 9.84 Å². The van der Waals surface area contributed by atoms with Gasteiger partial charge in [-0.2, -0.15) is 0 Å². The number of aryl methyl sites for hydroxylation is 1. The fraction of sp³-hybridized carbons (Fsp3) is 0.667. The molecule has 0 saturated heterocycles. The van der Waals surface area contributed by atoms with Crippen LogP contribution in [0.15, 0.2) is 15.7 Å². The van der Waals surface area contributed by atoms with Crippen LogP contribution in [0.4, 0.5) is 0 Å². The van der Waals surface area contributed by atoms with E-state index in [1.807, 2.05) is 13.8 Å². The molecule has 7 nitrogen and oxygen atoms in total. The molecule has 0 fully saturated rings. The topological polar surface area (TPSA) is 105 Å². The molecule has 0 saturated carbocycles. The minimum absolute atomic E-state index is 0.0553. The third-order valence-electron chi connectivity index (χ3n) is 2.48. The van der Waals surface area contributed by atoms with Gasteiger partial charge in [0.15, 0.2) is 0 Å². The Hall–Kier alpha value is -1.44. The van der Waals surface area contributed by atoms with Gasteiger partial charge in [-0.1, -0.05) is 13.8 Å². The second-order valence-electron chi connectivity index (χ2n) is 3.71. The Bertz CT molecular complexity index is 476. The van der Waals surface area contributed by atoms with Crippen LogP contribution in [0.1, 0.15) is 32.2 Å². The van der Waals surface area contributed by atoms with Gasteiger partial charge >= 0.3 is 5.69 Å². The van der Waals surface area contributed by atoms with Gasteiger partial charge in [0.2, 0.25) is 0 Å². The Morgan fingerprint density at radius 3 is 2.42 bits per heavy atom. The summed E-state index contributed by atoms with van der Waals surface area (Å²) >= 11 is 0. The van der Waals surface area contributed by atoms with Gasteiger partial charge in [-0.3, -0.25) is 14.3 Å². The maximum atomic E-state index is 11.5. The third kappa shape index (κ3) is 4.98. The summed E-state index contributed by atoms with van der Waals surface area (Å²) in [6, 6.07) is 1.21. The number of aromatic nitrogens is 2. The fourth-order valence-electron chi connectivity index (χ4n) is 1.58. The van der Waals surface area contributed by atoms with E-state index in [1.54, 1.807) is 6.92 Å². The molecule has 19 heavy (non-hydrogen) atoms. The summed E-state index contributed by atoms with van der Waals surface area (Å²) in [4.78, 5) is 24.6. The van der Waals surface area contributed by atoms with Crippen LogP contribution in [0.5, 0.6) is 0 Å². The molecule has 2 atom stereocenters. The highest BCUT2D eigenvalue weighted by molar-refractivity contribution is 4.99. The summed E-state index contributed by atoms with van der Waals surface area (Å²) in [6.07, 6.45) is -1.67. The average molecular weight is 274 g/mol. The number of hydrogen-bond acceptors (Lipinski definition) is 5. The number of aliphatic hydroxyl groups is 2. The zero-order chi connectivity index (χ0) is 15.0. The molecular formula is C12H22N2O5. The van der Waals surface area contributed by atoms with Crippen LogP contribution in [0.25, 0.3) is 0 Å². The van der Waals surface area contributed by atoms with Gasteiger partial charge in [0.1, 0.15) is 6.23 Å². The van der Waals surface area contributed by atoms with Crippen LogP contribution in [-0.4, -0.2) is 39.6 Å². The van der Waals surface area contributed by atoms with Crippen molar-refractivity contribution in [2.24, 2.45) is 0 Å². The van der Waals surface area contributed by atoms with Crippen molar-refractivity contribution in [1.82, 2.24) is 9.55 Å². The van der Waals surface area contributed by atoms with Gasteiger partial charge in [0.25, 0.3) is 5.56 Å². The van der Waals surface area contributed by atoms with E-state index in [2.05, 4.69) is 4.98 Å². The second-order valence-corrected chi connectivity index (χ2v) is 3.71. The molecule has 1 aromatic rings. The molecule has 7 heteroatoms. The summed E-state index contributed by atoms with van der Waals surface area (Å²) in [5.74, 6) is 0. The van der Waals surface area contributed by atoms with Gasteiger partial charge in [-0.05, 0) is 6.92 Å². The molecule has 0 bridgehead atoms. The number of hydrogen-bond donors (Lipinski definition) is 3. The quantitative estimate of drug-likeness (QED) is 0.687. The Labute approximate surface area is 111 Å². The van der Waals surface area contributed by atoms with Gasteiger partial charge < -0.3 is 14.9 Å². The predicted octanol–water partition coefficient (Wildman–Crippen LogP) is -0.240. The van der Waals surface area contributed by atoms with Crippen LogP contribution in [-0.2, 0) is 4.74 Å². The molecule has 1 heterocycles. The van der Waals surface area contributed by atoms with E-state index < -0.39 is 23.6 Å². The molecule has 0 amide bonds. The lowest BCUT2D eigenvalue weighted by atomic mass is 10.2. The summed E-state index contributed by atoms with van der Waals surface area (Å²) in [5.41, 5.74) is -0.851. The van der Waals surface area contributed by atoms with Crippen molar-refractivity contribution in [2.75, 3.05) is 13.7 Å². The van der Waals surface area contributed by atoms with Crippen LogP contribution in [0.2, 0.25) is 0 Å². The zero-order valence-electron chi connectivity index (χ0n) is 11.7. The van der Waals surface area contributed by atoms with E-state index in [0.29, 0.717) is 5.69 Å². The van der Waals surface area contributed by atoms with E-state index in [0.717, 1.165) is 4.57 Å². The molecule has 110 valence electrons. The lowest BCUT2D eigenvalue weighted by Gasteiger charge is -2.20. The van der Waals surface area contributed by atoms with Crippen molar-refractivity contribution in [2.45, 2.75) is 39.5 Å². The molecule has 2 unspecified atom stereocenters.